The second-order valence-corrected chi connectivity index (χ2v) is 6.31. The Kier molecular flexibility index (Phi) is 7.73. The third-order valence-corrected chi connectivity index (χ3v) is 4.54. The molecular weight excluding hydrogens is 320 g/mol. The first-order valence-corrected chi connectivity index (χ1v) is 9.05. The van der Waals surface area contributed by atoms with Gasteiger partial charge in [0.25, 0.3) is 0 Å². The van der Waals surface area contributed by atoms with Gasteiger partial charge in [-0.1, -0.05) is 6.42 Å². The molecule has 0 atom stereocenters. The van der Waals surface area contributed by atoms with E-state index in [2.05, 4.69) is 9.80 Å². The minimum atomic E-state index is -0.0973. The average Bonchev–Trinajstić information content (AvgIpc) is 2.62. The molecule has 1 N–H and O–H groups in total. The standard InChI is InChI=1S/C19H28N2O4/c1-2-25-19(24)6-4-3-5-9-20-10-12-21(13-11-20)17-8-7-16(15-22)18(23)14-17/h7-8,14-15,23H,2-6,9-13H2,1H3. The topological polar surface area (TPSA) is 70.1 Å². The van der Waals surface area contributed by atoms with Gasteiger partial charge in [-0.05, 0) is 38.4 Å². The number of carbonyl (C=O) groups is 2. The summed E-state index contributed by atoms with van der Waals surface area (Å²) in [6, 6.07) is 5.21. The van der Waals surface area contributed by atoms with Crippen LogP contribution in [-0.2, 0) is 9.53 Å². The molecule has 0 radical (unpaired) electrons. The summed E-state index contributed by atoms with van der Waals surface area (Å²) < 4.78 is 4.92. The van der Waals surface area contributed by atoms with Gasteiger partial charge in [-0.15, -0.1) is 0 Å². The molecule has 1 aliphatic rings. The molecule has 1 heterocycles. The van der Waals surface area contributed by atoms with Crippen LogP contribution in [0.1, 0.15) is 43.0 Å². The summed E-state index contributed by atoms with van der Waals surface area (Å²) in [4.78, 5) is 26.7. The van der Waals surface area contributed by atoms with Gasteiger partial charge in [-0.25, -0.2) is 0 Å². The van der Waals surface area contributed by atoms with Crippen molar-refractivity contribution in [1.29, 1.82) is 0 Å². The monoisotopic (exact) mass is 348 g/mol. The van der Waals surface area contributed by atoms with E-state index in [9.17, 15) is 14.7 Å². The number of anilines is 1. The zero-order valence-corrected chi connectivity index (χ0v) is 14.9. The predicted octanol–water partition coefficient (Wildman–Crippen LogP) is 2.45. The van der Waals surface area contributed by atoms with Crippen molar-refractivity contribution in [3.05, 3.63) is 23.8 Å². The molecule has 1 saturated heterocycles. The maximum Gasteiger partial charge on any atom is 0.305 e. The van der Waals surface area contributed by atoms with Crippen molar-refractivity contribution in [3.8, 4) is 5.75 Å². The highest BCUT2D eigenvalue weighted by Gasteiger charge is 2.17. The maximum absolute atomic E-state index is 11.3. The number of aromatic hydroxyl groups is 1. The Morgan fingerprint density at radius 1 is 1.20 bits per heavy atom. The van der Waals surface area contributed by atoms with E-state index in [1.165, 1.54) is 0 Å². The lowest BCUT2D eigenvalue weighted by Gasteiger charge is -2.36. The van der Waals surface area contributed by atoms with Crippen molar-refractivity contribution in [1.82, 2.24) is 4.90 Å². The van der Waals surface area contributed by atoms with Crippen LogP contribution in [0.2, 0.25) is 0 Å². The number of phenols is 1. The fraction of sp³-hybridized carbons (Fsp3) is 0.579. The Bertz CT molecular complexity index is 569. The molecule has 0 aliphatic carbocycles. The van der Waals surface area contributed by atoms with E-state index in [-0.39, 0.29) is 11.7 Å². The highest BCUT2D eigenvalue weighted by atomic mass is 16.5. The maximum atomic E-state index is 11.3. The summed E-state index contributed by atoms with van der Waals surface area (Å²) in [5.41, 5.74) is 1.28. The van der Waals surface area contributed by atoms with E-state index >= 15 is 0 Å². The van der Waals surface area contributed by atoms with Crippen LogP contribution in [0.5, 0.6) is 5.75 Å². The molecule has 6 heteroatoms. The Labute approximate surface area is 149 Å². The Morgan fingerprint density at radius 3 is 2.60 bits per heavy atom. The van der Waals surface area contributed by atoms with E-state index in [1.807, 2.05) is 13.0 Å². The first-order valence-electron chi connectivity index (χ1n) is 9.05. The summed E-state index contributed by atoms with van der Waals surface area (Å²) >= 11 is 0. The summed E-state index contributed by atoms with van der Waals surface area (Å²) in [6.45, 7) is 7.11. The molecule has 1 aromatic carbocycles. The lowest BCUT2D eigenvalue weighted by atomic mass is 10.1. The largest absolute Gasteiger partial charge is 0.507 e. The Hall–Kier alpha value is -2.08. The second-order valence-electron chi connectivity index (χ2n) is 6.31. The zero-order valence-electron chi connectivity index (χ0n) is 14.9. The predicted molar refractivity (Wildman–Crippen MR) is 97.2 cm³/mol. The molecule has 6 nitrogen and oxygen atoms in total. The summed E-state index contributed by atoms with van der Waals surface area (Å²) in [5, 5.41) is 9.81. The van der Waals surface area contributed by atoms with Crippen LogP contribution < -0.4 is 4.90 Å². The fourth-order valence-corrected chi connectivity index (χ4v) is 3.07. The first kappa shape index (κ1) is 19.2. The molecule has 2 rings (SSSR count). The van der Waals surface area contributed by atoms with E-state index in [4.69, 9.17) is 4.74 Å². The van der Waals surface area contributed by atoms with Crippen LogP contribution in [0.15, 0.2) is 18.2 Å². The van der Waals surface area contributed by atoms with Crippen molar-refractivity contribution in [3.63, 3.8) is 0 Å². The number of ether oxygens (including phenoxy) is 1. The lowest BCUT2D eigenvalue weighted by molar-refractivity contribution is -0.143. The zero-order chi connectivity index (χ0) is 18.1. The number of unbranched alkanes of at least 4 members (excludes halogenated alkanes) is 2. The summed E-state index contributed by atoms with van der Waals surface area (Å²) in [6.07, 6.45) is 4.20. The summed E-state index contributed by atoms with van der Waals surface area (Å²) in [5.74, 6) is -0.0588. The number of hydrogen-bond acceptors (Lipinski definition) is 6. The van der Waals surface area contributed by atoms with E-state index in [1.54, 1.807) is 12.1 Å². The quantitative estimate of drug-likeness (QED) is 0.420. The van der Waals surface area contributed by atoms with Crippen LogP contribution in [0.25, 0.3) is 0 Å². The molecular formula is C19H28N2O4. The smallest absolute Gasteiger partial charge is 0.305 e. The van der Waals surface area contributed by atoms with Crippen LogP contribution in [0.4, 0.5) is 5.69 Å². The minimum absolute atomic E-state index is 0.0385. The minimum Gasteiger partial charge on any atom is -0.507 e. The lowest BCUT2D eigenvalue weighted by Crippen LogP contribution is -2.46. The third-order valence-electron chi connectivity index (χ3n) is 4.54. The highest BCUT2D eigenvalue weighted by Crippen LogP contribution is 2.24. The SMILES string of the molecule is CCOC(=O)CCCCCN1CCN(c2ccc(C=O)c(O)c2)CC1. The average molecular weight is 348 g/mol. The van der Waals surface area contributed by atoms with Crippen molar-refractivity contribution in [2.45, 2.75) is 32.6 Å². The van der Waals surface area contributed by atoms with Crippen molar-refractivity contribution < 1.29 is 19.4 Å². The fourth-order valence-electron chi connectivity index (χ4n) is 3.07. The van der Waals surface area contributed by atoms with Gasteiger partial charge in [-0.2, -0.15) is 0 Å². The van der Waals surface area contributed by atoms with Gasteiger partial charge in [-0.3, -0.25) is 14.5 Å². The molecule has 1 aromatic rings. The first-order chi connectivity index (χ1) is 12.1. The van der Waals surface area contributed by atoms with Crippen LogP contribution in [0, 0.1) is 0 Å². The molecule has 25 heavy (non-hydrogen) atoms. The van der Waals surface area contributed by atoms with Crippen LogP contribution >= 0.6 is 0 Å². The Balaban J connectivity index is 1.65. The molecule has 0 amide bonds. The van der Waals surface area contributed by atoms with Gasteiger partial charge in [0.1, 0.15) is 5.75 Å². The van der Waals surface area contributed by atoms with E-state index in [0.29, 0.717) is 24.9 Å². The van der Waals surface area contributed by atoms with Gasteiger partial charge in [0, 0.05) is 44.4 Å². The van der Waals surface area contributed by atoms with Gasteiger partial charge < -0.3 is 14.7 Å². The highest BCUT2D eigenvalue weighted by molar-refractivity contribution is 5.80. The number of nitrogens with zero attached hydrogens (tertiary/aromatic N) is 2. The number of carbonyl (C=O) groups excluding carboxylic acids is 2. The van der Waals surface area contributed by atoms with Crippen LogP contribution in [-0.4, -0.2) is 61.6 Å². The molecule has 0 aromatic heterocycles. The molecule has 0 spiro atoms. The van der Waals surface area contributed by atoms with Gasteiger partial charge in [0.15, 0.2) is 6.29 Å². The normalized spacial score (nSPS) is 15.2. The van der Waals surface area contributed by atoms with Gasteiger partial charge in [0.05, 0.1) is 12.2 Å². The van der Waals surface area contributed by atoms with Crippen molar-refractivity contribution in [2.75, 3.05) is 44.2 Å². The number of rotatable bonds is 9. The third kappa shape index (κ3) is 6.05. The second kappa shape index (κ2) is 10.0. The van der Waals surface area contributed by atoms with E-state index in [0.717, 1.165) is 57.7 Å². The Morgan fingerprint density at radius 2 is 1.96 bits per heavy atom. The van der Waals surface area contributed by atoms with E-state index < -0.39 is 0 Å². The molecule has 1 aliphatic heterocycles. The number of hydrogen-bond donors (Lipinski definition) is 1. The van der Waals surface area contributed by atoms with Crippen molar-refractivity contribution >= 4 is 17.9 Å². The summed E-state index contributed by atoms with van der Waals surface area (Å²) in [7, 11) is 0. The van der Waals surface area contributed by atoms with Gasteiger partial charge >= 0.3 is 5.97 Å². The molecule has 0 bridgehead atoms. The van der Waals surface area contributed by atoms with Gasteiger partial charge in [0.2, 0.25) is 0 Å². The van der Waals surface area contributed by atoms with Crippen molar-refractivity contribution in [2.24, 2.45) is 0 Å². The molecule has 0 unspecified atom stereocenters. The molecule has 0 saturated carbocycles. The number of phenolic OH excluding ortho intramolecular Hbond substituents is 1. The molecule has 1 fully saturated rings. The number of aldehydes is 1. The number of benzene rings is 1. The number of piperazine rings is 1. The molecule has 138 valence electrons. The number of esters is 1. The van der Waals surface area contributed by atoms with Crippen LogP contribution in [0.3, 0.4) is 0 Å².